The van der Waals surface area contributed by atoms with Crippen LogP contribution in [0, 0.1) is 0 Å². The molecule has 0 fully saturated rings. The molecule has 0 aliphatic heterocycles. The highest BCUT2D eigenvalue weighted by atomic mass is 16.6. The summed E-state index contributed by atoms with van der Waals surface area (Å²) in [6.07, 6.45) is -0.174. The van der Waals surface area contributed by atoms with E-state index in [4.69, 9.17) is 9.84 Å². The van der Waals surface area contributed by atoms with Crippen LogP contribution in [0.3, 0.4) is 0 Å². The fourth-order valence-electron chi connectivity index (χ4n) is 1.25. The Morgan fingerprint density at radius 3 is 2.12 bits per heavy atom. The summed E-state index contributed by atoms with van der Waals surface area (Å²) in [5.41, 5.74) is -1.15. The number of hydrogen-bond acceptors (Lipinski definition) is 5. The van der Waals surface area contributed by atoms with Crippen molar-refractivity contribution in [2.75, 3.05) is 6.61 Å². The predicted octanol–water partition coefficient (Wildman–Crippen LogP) is 0.736. The molecule has 1 atom stereocenters. The third kappa shape index (κ3) is 6.80. The number of ether oxygens (including phenoxy) is 2. The van der Waals surface area contributed by atoms with Crippen LogP contribution in [0.25, 0.3) is 0 Å². The van der Waals surface area contributed by atoms with E-state index in [1.165, 1.54) is 20.8 Å². The summed E-state index contributed by atoms with van der Waals surface area (Å²) in [6, 6.07) is 0. The number of carboxylic acid groups (broad SMARTS) is 1. The molecular formula is C10H16O6. The van der Waals surface area contributed by atoms with Gasteiger partial charge in [0.15, 0.2) is 0 Å². The van der Waals surface area contributed by atoms with Crippen molar-refractivity contribution in [2.45, 2.75) is 39.2 Å². The van der Waals surface area contributed by atoms with Gasteiger partial charge in [0.2, 0.25) is 0 Å². The molecule has 0 aliphatic carbocycles. The quantitative estimate of drug-likeness (QED) is 0.679. The number of rotatable bonds is 6. The number of carbonyl (C=O) groups is 3. The van der Waals surface area contributed by atoms with Gasteiger partial charge in [-0.05, 0) is 6.92 Å². The lowest BCUT2D eigenvalue weighted by Crippen LogP contribution is -2.35. The molecule has 0 aromatic rings. The Morgan fingerprint density at radius 1 is 1.19 bits per heavy atom. The third-order valence-electron chi connectivity index (χ3n) is 1.85. The molecule has 6 nitrogen and oxygen atoms in total. The van der Waals surface area contributed by atoms with Gasteiger partial charge < -0.3 is 14.6 Å². The highest BCUT2D eigenvalue weighted by molar-refractivity contribution is 5.70. The molecule has 0 saturated carbocycles. The standard InChI is InChI=1S/C10H16O6/c1-7(11)15-5-4-10(3,6-9(13)14)16-8(2)12/h4-6H2,1-3H3,(H,13,14)/t10-/m1/s1. The smallest absolute Gasteiger partial charge is 0.307 e. The molecule has 0 amide bonds. The van der Waals surface area contributed by atoms with Crippen molar-refractivity contribution in [3.63, 3.8) is 0 Å². The van der Waals surface area contributed by atoms with E-state index in [2.05, 4.69) is 4.74 Å². The van der Waals surface area contributed by atoms with E-state index in [0.717, 1.165) is 0 Å². The Labute approximate surface area is 93.5 Å². The second kappa shape index (κ2) is 6.09. The van der Waals surface area contributed by atoms with Crippen molar-refractivity contribution in [2.24, 2.45) is 0 Å². The highest BCUT2D eigenvalue weighted by Gasteiger charge is 2.31. The molecule has 0 aliphatic rings. The second-order valence-corrected chi connectivity index (χ2v) is 3.70. The number of esters is 2. The van der Waals surface area contributed by atoms with E-state index < -0.39 is 23.5 Å². The summed E-state index contributed by atoms with van der Waals surface area (Å²) in [7, 11) is 0. The maximum absolute atomic E-state index is 10.8. The molecule has 0 unspecified atom stereocenters. The van der Waals surface area contributed by atoms with Crippen molar-refractivity contribution < 1.29 is 29.0 Å². The fourth-order valence-corrected chi connectivity index (χ4v) is 1.25. The largest absolute Gasteiger partial charge is 0.481 e. The van der Waals surface area contributed by atoms with Crippen LogP contribution in [0.5, 0.6) is 0 Å². The number of carbonyl (C=O) groups excluding carboxylic acids is 2. The van der Waals surface area contributed by atoms with Crippen LogP contribution in [0.4, 0.5) is 0 Å². The van der Waals surface area contributed by atoms with Crippen molar-refractivity contribution in [1.29, 1.82) is 0 Å². The Bertz CT molecular complexity index is 267. The fraction of sp³-hybridized carbons (Fsp3) is 0.700. The average Bonchev–Trinajstić information content (AvgIpc) is 1.98. The molecule has 0 rings (SSSR count). The summed E-state index contributed by atoms with van der Waals surface area (Å²) >= 11 is 0. The van der Waals surface area contributed by atoms with Crippen LogP contribution in [0.15, 0.2) is 0 Å². The summed E-state index contributed by atoms with van der Waals surface area (Å²) in [4.78, 5) is 31.9. The summed E-state index contributed by atoms with van der Waals surface area (Å²) in [5.74, 6) is -2.10. The summed E-state index contributed by atoms with van der Waals surface area (Å²) in [5, 5.41) is 8.67. The Hall–Kier alpha value is -1.59. The van der Waals surface area contributed by atoms with Gasteiger partial charge in [-0.3, -0.25) is 14.4 Å². The summed E-state index contributed by atoms with van der Waals surface area (Å²) < 4.78 is 9.60. The van der Waals surface area contributed by atoms with Gasteiger partial charge in [-0.1, -0.05) is 0 Å². The van der Waals surface area contributed by atoms with Gasteiger partial charge in [0.25, 0.3) is 0 Å². The predicted molar refractivity (Wildman–Crippen MR) is 53.7 cm³/mol. The van der Waals surface area contributed by atoms with Crippen molar-refractivity contribution in [3.05, 3.63) is 0 Å². The number of aliphatic carboxylic acids is 1. The van der Waals surface area contributed by atoms with Crippen LogP contribution in [0.2, 0.25) is 0 Å². The van der Waals surface area contributed by atoms with Gasteiger partial charge in [0, 0.05) is 20.3 Å². The Balaban J connectivity index is 4.34. The van der Waals surface area contributed by atoms with Crippen molar-refractivity contribution in [1.82, 2.24) is 0 Å². The van der Waals surface area contributed by atoms with Crippen LogP contribution in [-0.4, -0.2) is 35.2 Å². The van der Waals surface area contributed by atoms with Crippen LogP contribution >= 0.6 is 0 Å². The minimum absolute atomic E-state index is 0.0202. The first kappa shape index (κ1) is 14.4. The SMILES string of the molecule is CC(=O)OCC[C@](C)(CC(=O)O)OC(C)=O. The van der Waals surface area contributed by atoms with Gasteiger partial charge in [-0.15, -0.1) is 0 Å². The molecule has 0 spiro atoms. The van der Waals surface area contributed by atoms with Gasteiger partial charge in [0.1, 0.15) is 5.60 Å². The lowest BCUT2D eigenvalue weighted by molar-refractivity contribution is -0.163. The van der Waals surface area contributed by atoms with Crippen LogP contribution in [0.1, 0.15) is 33.6 Å². The molecule has 0 radical (unpaired) electrons. The molecule has 0 aromatic heterocycles. The van der Waals surface area contributed by atoms with E-state index in [9.17, 15) is 14.4 Å². The van der Waals surface area contributed by atoms with E-state index in [0.29, 0.717) is 0 Å². The summed E-state index contributed by atoms with van der Waals surface area (Å²) in [6.45, 7) is 3.96. The number of hydrogen-bond donors (Lipinski definition) is 1. The van der Waals surface area contributed by atoms with Gasteiger partial charge in [-0.25, -0.2) is 0 Å². The normalized spacial score (nSPS) is 13.7. The van der Waals surface area contributed by atoms with E-state index >= 15 is 0 Å². The average molecular weight is 232 g/mol. The molecule has 1 N–H and O–H groups in total. The van der Waals surface area contributed by atoms with Gasteiger partial charge in [-0.2, -0.15) is 0 Å². The van der Waals surface area contributed by atoms with E-state index in [1.807, 2.05) is 0 Å². The molecule has 0 aromatic carbocycles. The zero-order valence-electron chi connectivity index (χ0n) is 9.61. The van der Waals surface area contributed by atoms with Crippen LogP contribution in [-0.2, 0) is 23.9 Å². The zero-order valence-corrected chi connectivity index (χ0v) is 9.61. The molecule has 16 heavy (non-hydrogen) atoms. The van der Waals surface area contributed by atoms with E-state index in [-0.39, 0.29) is 19.4 Å². The molecular weight excluding hydrogens is 216 g/mol. The van der Waals surface area contributed by atoms with Gasteiger partial charge in [0.05, 0.1) is 13.0 Å². The first-order chi connectivity index (χ1) is 7.25. The number of carboxylic acids is 1. The minimum Gasteiger partial charge on any atom is -0.481 e. The molecule has 0 heterocycles. The first-order valence-corrected chi connectivity index (χ1v) is 4.80. The molecule has 6 heteroatoms. The Kier molecular flexibility index (Phi) is 5.49. The lowest BCUT2D eigenvalue weighted by atomic mass is 9.98. The topological polar surface area (TPSA) is 89.9 Å². The molecule has 0 bridgehead atoms. The monoisotopic (exact) mass is 232 g/mol. The van der Waals surface area contributed by atoms with Crippen molar-refractivity contribution >= 4 is 17.9 Å². The van der Waals surface area contributed by atoms with Crippen LogP contribution < -0.4 is 0 Å². The maximum atomic E-state index is 10.8. The third-order valence-corrected chi connectivity index (χ3v) is 1.85. The lowest BCUT2D eigenvalue weighted by Gasteiger charge is -2.27. The maximum Gasteiger partial charge on any atom is 0.307 e. The zero-order chi connectivity index (χ0) is 12.8. The van der Waals surface area contributed by atoms with Crippen molar-refractivity contribution in [3.8, 4) is 0 Å². The second-order valence-electron chi connectivity index (χ2n) is 3.70. The highest BCUT2D eigenvalue weighted by Crippen LogP contribution is 2.20. The molecule has 92 valence electrons. The Morgan fingerprint density at radius 2 is 1.75 bits per heavy atom. The minimum atomic E-state index is -1.15. The van der Waals surface area contributed by atoms with E-state index in [1.54, 1.807) is 0 Å². The van der Waals surface area contributed by atoms with Gasteiger partial charge >= 0.3 is 17.9 Å². The first-order valence-electron chi connectivity index (χ1n) is 4.80. The molecule has 0 saturated heterocycles.